The number of carboxylic acid groups (broad SMARTS) is 1. The Hall–Kier alpha value is -0.920. The number of hydrogen-bond donors (Lipinski definition) is 1. The summed E-state index contributed by atoms with van der Waals surface area (Å²) in [6.45, 7) is 5.62. The van der Waals surface area contributed by atoms with Crippen LogP contribution in [-0.4, -0.2) is 36.9 Å². The maximum absolute atomic E-state index is 12.8. The fourth-order valence-electron chi connectivity index (χ4n) is 2.61. The number of halogens is 1. The van der Waals surface area contributed by atoms with Crippen molar-refractivity contribution in [2.24, 2.45) is 11.8 Å². The Morgan fingerprint density at radius 1 is 1.29 bits per heavy atom. The minimum absolute atomic E-state index is 0.0351. The van der Waals surface area contributed by atoms with Crippen LogP contribution in [0.3, 0.4) is 0 Å². The summed E-state index contributed by atoms with van der Waals surface area (Å²) < 4.78 is 27.6. The van der Waals surface area contributed by atoms with E-state index in [4.69, 9.17) is 5.11 Å². The second-order valence-electron chi connectivity index (χ2n) is 5.61. The van der Waals surface area contributed by atoms with Crippen molar-refractivity contribution in [1.29, 1.82) is 0 Å². The minimum atomic E-state index is -3.66. The first kappa shape index (κ1) is 16.5. The molecule has 1 heterocycles. The van der Waals surface area contributed by atoms with Gasteiger partial charge >= 0.3 is 5.97 Å². The maximum Gasteiger partial charge on any atom is 0.308 e. The van der Waals surface area contributed by atoms with Crippen LogP contribution in [0.25, 0.3) is 0 Å². The minimum Gasteiger partial charge on any atom is -0.481 e. The number of benzene rings is 1. The van der Waals surface area contributed by atoms with Crippen LogP contribution in [-0.2, 0) is 14.8 Å². The van der Waals surface area contributed by atoms with Gasteiger partial charge in [0.1, 0.15) is 0 Å². The zero-order chi connectivity index (χ0) is 15.9. The first-order chi connectivity index (χ1) is 9.64. The molecular weight excluding hydrogens is 358 g/mol. The van der Waals surface area contributed by atoms with Gasteiger partial charge in [-0.1, -0.05) is 22.9 Å². The molecule has 1 aromatic rings. The van der Waals surface area contributed by atoms with Crippen LogP contribution in [0.5, 0.6) is 0 Å². The molecule has 0 amide bonds. The van der Waals surface area contributed by atoms with Crippen LogP contribution in [0.2, 0.25) is 0 Å². The van der Waals surface area contributed by atoms with Gasteiger partial charge in [0.05, 0.1) is 10.8 Å². The summed E-state index contributed by atoms with van der Waals surface area (Å²) in [7, 11) is -3.66. The average molecular weight is 376 g/mol. The molecule has 1 saturated heterocycles. The predicted octanol–water partition coefficient (Wildman–Crippen LogP) is 2.41. The van der Waals surface area contributed by atoms with Crippen molar-refractivity contribution in [2.75, 3.05) is 13.1 Å². The molecule has 2 rings (SSSR count). The molecule has 0 unspecified atom stereocenters. The lowest BCUT2D eigenvalue weighted by Crippen LogP contribution is -2.30. The summed E-state index contributed by atoms with van der Waals surface area (Å²) in [6.07, 6.45) is 0. The Morgan fingerprint density at radius 3 is 2.43 bits per heavy atom. The monoisotopic (exact) mass is 375 g/mol. The van der Waals surface area contributed by atoms with Crippen molar-refractivity contribution >= 4 is 31.9 Å². The van der Waals surface area contributed by atoms with E-state index in [1.165, 1.54) is 4.31 Å². The number of rotatable bonds is 3. The van der Waals surface area contributed by atoms with E-state index in [0.717, 1.165) is 10.0 Å². The van der Waals surface area contributed by atoms with Gasteiger partial charge in [0.15, 0.2) is 0 Å². The lowest BCUT2D eigenvalue weighted by Gasteiger charge is -2.18. The summed E-state index contributed by atoms with van der Waals surface area (Å²) in [4.78, 5) is 11.4. The summed E-state index contributed by atoms with van der Waals surface area (Å²) in [5.41, 5.74) is 1.49. The van der Waals surface area contributed by atoms with E-state index in [-0.39, 0.29) is 23.9 Å². The molecule has 0 bridgehead atoms. The van der Waals surface area contributed by atoms with Crippen LogP contribution in [0, 0.1) is 25.7 Å². The SMILES string of the molecule is Cc1cc(S(=O)(=O)N2C[C@@H](C)[C@H](C(=O)O)C2)c(C)cc1Br. The number of nitrogens with zero attached hydrogens (tertiary/aromatic N) is 1. The van der Waals surface area contributed by atoms with Gasteiger partial charge < -0.3 is 5.11 Å². The van der Waals surface area contributed by atoms with Gasteiger partial charge in [-0.25, -0.2) is 8.42 Å². The molecule has 2 atom stereocenters. The summed E-state index contributed by atoms with van der Waals surface area (Å²) in [5, 5.41) is 9.15. The lowest BCUT2D eigenvalue weighted by molar-refractivity contribution is -0.142. The summed E-state index contributed by atoms with van der Waals surface area (Å²) >= 11 is 3.38. The van der Waals surface area contributed by atoms with Crippen molar-refractivity contribution < 1.29 is 18.3 Å². The van der Waals surface area contributed by atoms with Crippen molar-refractivity contribution in [3.63, 3.8) is 0 Å². The fourth-order valence-corrected chi connectivity index (χ4v) is 4.93. The van der Waals surface area contributed by atoms with Crippen LogP contribution in [0.15, 0.2) is 21.5 Å². The molecular formula is C14H18BrNO4S. The second kappa shape index (κ2) is 5.70. The third-order valence-corrected chi connectivity index (χ3v) is 6.80. The van der Waals surface area contributed by atoms with E-state index in [1.54, 1.807) is 26.0 Å². The molecule has 5 nitrogen and oxygen atoms in total. The zero-order valence-corrected chi connectivity index (χ0v) is 14.5. The number of sulfonamides is 1. The molecule has 0 aromatic heterocycles. The number of hydrogen-bond acceptors (Lipinski definition) is 3. The Bertz CT molecular complexity index is 686. The van der Waals surface area contributed by atoms with E-state index < -0.39 is 21.9 Å². The maximum atomic E-state index is 12.8. The van der Waals surface area contributed by atoms with Gasteiger partial charge in [0.2, 0.25) is 10.0 Å². The molecule has 21 heavy (non-hydrogen) atoms. The highest BCUT2D eigenvalue weighted by atomic mass is 79.9. The van der Waals surface area contributed by atoms with E-state index in [2.05, 4.69) is 15.9 Å². The number of aliphatic carboxylic acids is 1. The quantitative estimate of drug-likeness (QED) is 0.879. The van der Waals surface area contributed by atoms with E-state index >= 15 is 0 Å². The van der Waals surface area contributed by atoms with Crippen molar-refractivity contribution in [2.45, 2.75) is 25.7 Å². The Kier molecular flexibility index (Phi) is 4.46. The summed E-state index contributed by atoms with van der Waals surface area (Å²) in [6, 6.07) is 3.41. The fraction of sp³-hybridized carbons (Fsp3) is 0.500. The second-order valence-corrected chi connectivity index (χ2v) is 8.37. The molecule has 1 fully saturated rings. The first-order valence-corrected chi connectivity index (χ1v) is 8.87. The van der Waals surface area contributed by atoms with Gasteiger partial charge in [-0.3, -0.25) is 4.79 Å². The van der Waals surface area contributed by atoms with Crippen LogP contribution in [0.4, 0.5) is 0 Å². The zero-order valence-electron chi connectivity index (χ0n) is 12.1. The highest BCUT2D eigenvalue weighted by molar-refractivity contribution is 9.10. The number of carbonyl (C=O) groups is 1. The molecule has 1 aromatic carbocycles. The third-order valence-electron chi connectivity index (χ3n) is 3.97. The van der Waals surface area contributed by atoms with Gasteiger partial charge in [0.25, 0.3) is 0 Å². The summed E-state index contributed by atoms with van der Waals surface area (Å²) in [5.74, 6) is -1.77. The Morgan fingerprint density at radius 2 is 1.90 bits per heavy atom. The highest BCUT2D eigenvalue weighted by Crippen LogP contribution is 2.31. The van der Waals surface area contributed by atoms with Crippen LogP contribution >= 0.6 is 15.9 Å². The van der Waals surface area contributed by atoms with Crippen molar-refractivity contribution in [3.05, 3.63) is 27.7 Å². The predicted molar refractivity (Wildman–Crippen MR) is 82.7 cm³/mol. The number of carboxylic acids is 1. The Balaban J connectivity index is 2.40. The molecule has 0 aliphatic carbocycles. The van der Waals surface area contributed by atoms with Crippen molar-refractivity contribution in [3.8, 4) is 0 Å². The third kappa shape index (κ3) is 3.00. The van der Waals surface area contributed by atoms with Gasteiger partial charge in [-0.2, -0.15) is 4.31 Å². The Labute approximate surface area is 133 Å². The largest absolute Gasteiger partial charge is 0.481 e. The van der Waals surface area contributed by atoms with Gasteiger partial charge in [-0.15, -0.1) is 0 Å². The number of aryl methyl sites for hydroxylation is 2. The molecule has 1 aliphatic heterocycles. The topological polar surface area (TPSA) is 74.7 Å². The van der Waals surface area contributed by atoms with E-state index in [9.17, 15) is 13.2 Å². The normalized spacial score (nSPS) is 23.4. The van der Waals surface area contributed by atoms with Crippen molar-refractivity contribution in [1.82, 2.24) is 4.31 Å². The highest BCUT2D eigenvalue weighted by Gasteiger charge is 2.41. The van der Waals surface area contributed by atoms with E-state index in [1.807, 2.05) is 6.92 Å². The molecule has 116 valence electrons. The van der Waals surface area contributed by atoms with Crippen LogP contribution in [0.1, 0.15) is 18.1 Å². The molecule has 0 radical (unpaired) electrons. The smallest absolute Gasteiger partial charge is 0.308 e. The lowest BCUT2D eigenvalue weighted by atomic mass is 9.99. The van der Waals surface area contributed by atoms with Gasteiger partial charge in [0, 0.05) is 17.6 Å². The molecule has 1 aliphatic rings. The van der Waals surface area contributed by atoms with Crippen LogP contribution < -0.4 is 0 Å². The first-order valence-electron chi connectivity index (χ1n) is 6.64. The standard InChI is InChI=1S/C14H18BrNO4S/c1-8-5-13(9(2)4-12(8)15)21(19,20)16-6-10(3)11(7-16)14(17)18/h4-5,10-11H,6-7H2,1-3H3,(H,17,18)/t10-,11-/m1/s1. The molecule has 7 heteroatoms. The molecule has 0 spiro atoms. The molecule has 0 saturated carbocycles. The van der Waals surface area contributed by atoms with E-state index in [0.29, 0.717) is 5.56 Å². The molecule has 1 N–H and O–H groups in total. The van der Waals surface area contributed by atoms with Gasteiger partial charge in [-0.05, 0) is 43.0 Å². The average Bonchev–Trinajstić information content (AvgIpc) is 2.76.